The molecule has 1 aromatic carbocycles. The molecule has 0 fully saturated rings. The van der Waals surface area contributed by atoms with Gasteiger partial charge in [-0.25, -0.2) is 13.1 Å². The average molecular weight is 414 g/mol. The van der Waals surface area contributed by atoms with E-state index >= 15 is 0 Å². The van der Waals surface area contributed by atoms with Crippen molar-refractivity contribution < 1.29 is 13.5 Å². The molecule has 7 heteroatoms. The second kappa shape index (κ2) is 9.67. The van der Waals surface area contributed by atoms with Crippen molar-refractivity contribution >= 4 is 39.0 Å². The Labute approximate surface area is 164 Å². The van der Waals surface area contributed by atoms with Crippen molar-refractivity contribution in [3.05, 3.63) is 58.4 Å². The van der Waals surface area contributed by atoms with Crippen LogP contribution in [0.3, 0.4) is 0 Å². The lowest BCUT2D eigenvalue weighted by atomic mass is 9.93. The molecule has 0 aliphatic heterocycles. The van der Waals surface area contributed by atoms with Crippen LogP contribution in [0.25, 0.3) is 6.08 Å². The predicted octanol–water partition coefficient (Wildman–Crippen LogP) is 4.56. The molecule has 0 saturated carbocycles. The third-order valence-corrected chi connectivity index (χ3v) is 7.45. The molecular weight excluding hydrogens is 390 g/mol. The van der Waals surface area contributed by atoms with E-state index in [-0.39, 0.29) is 10.1 Å². The Hall–Kier alpha value is -1.18. The van der Waals surface area contributed by atoms with E-state index in [1.807, 2.05) is 56.3 Å². The fourth-order valence-corrected chi connectivity index (χ4v) is 5.44. The Balaban J connectivity index is 2.09. The molecule has 0 aliphatic carbocycles. The summed E-state index contributed by atoms with van der Waals surface area (Å²) in [5.74, 6) is -0.0136. The molecule has 0 spiro atoms. The van der Waals surface area contributed by atoms with Crippen LogP contribution < -0.4 is 4.72 Å². The van der Waals surface area contributed by atoms with Crippen LogP contribution in [-0.2, 0) is 10.0 Å². The summed E-state index contributed by atoms with van der Waals surface area (Å²) < 4.78 is 28.4. The summed E-state index contributed by atoms with van der Waals surface area (Å²) in [7, 11) is -3.72. The van der Waals surface area contributed by atoms with Gasteiger partial charge in [0.05, 0.1) is 16.5 Å². The standard InChI is InChI=1S/C19H24ClNO3S2/c1-3-14(2)19(21-26(23,24)18-13-12-17(20)25-18)16(22)11-7-10-15-8-5-4-6-9-15/h4-10,12-14,16,19,21-22H,3,11H2,1-2H3/b10-7+/t14-,16+,19?/m0/s1. The first kappa shape index (κ1) is 21.1. The highest BCUT2D eigenvalue weighted by atomic mass is 35.5. The summed E-state index contributed by atoms with van der Waals surface area (Å²) in [5.41, 5.74) is 1.04. The summed E-state index contributed by atoms with van der Waals surface area (Å²) in [6.45, 7) is 3.90. The number of aliphatic hydroxyl groups is 1. The van der Waals surface area contributed by atoms with E-state index in [1.54, 1.807) is 6.07 Å². The Morgan fingerprint density at radius 1 is 1.23 bits per heavy atom. The number of rotatable bonds is 9. The lowest BCUT2D eigenvalue weighted by molar-refractivity contribution is 0.114. The van der Waals surface area contributed by atoms with Crippen LogP contribution in [0.1, 0.15) is 32.3 Å². The molecule has 2 rings (SSSR count). The van der Waals surface area contributed by atoms with Gasteiger partial charge in [0, 0.05) is 0 Å². The first-order valence-electron chi connectivity index (χ1n) is 8.50. The van der Waals surface area contributed by atoms with Crippen molar-refractivity contribution in [1.82, 2.24) is 4.72 Å². The van der Waals surface area contributed by atoms with Crippen molar-refractivity contribution in [3.8, 4) is 0 Å². The maximum absolute atomic E-state index is 12.6. The normalized spacial score (nSPS) is 15.8. The summed E-state index contributed by atoms with van der Waals surface area (Å²) in [4.78, 5) is 0. The minimum absolute atomic E-state index is 0.0136. The van der Waals surface area contributed by atoms with Gasteiger partial charge >= 0.3 is 0 Å². The lowest BCUT2D eigenvalue weighted by Gasteiger charge is -2.28. The minimum Gasteiger partial charge on any atom is -0.391 e. The summed E-state index contributed by atoms with van der Waals surface area (Å²) in [6, 6.07) is 12.2. The zero-order chi connectivity index (χ0) is 19.2. The SMILES string of the molecule is CC[C@H](C)C(NS(=O)(=O)c1ccc(Cl)s1)[C@H](O)C/C=C/c1ccccc1. The number of hydrogen-bond donors (Lipinski definition) is 2. The highest BCUT2D eigenvalue weighted by Gasteiger charge is 2.29. The van der Waals surface area contributed by atoms with Crippen molar-refractivity contribution in [2.75, 3.05) is 0 Å². The Kier molecular flexibility index (Phi) is 7.85. The van der Waals surface area contributed by atoms with Crippen LogP contribution in [0.4, 0.5) is 0 Å². The van der Waals surface area contributed by atoms with Gasteiger partial charge in [-0.1, -0.05) is 74.4 Å². The molecule has 1 heterocycles. The lowest BCUT2D eigenvalue weighted by Crippen LogP contribution is -2.47. The van der Waals surface area contributed by atoms with Crippen molar-refractivity contribution in [2.45, 2.75) is 43.0 Å². The Morgan fingerprint density at radius 2 is 1.92 bits per heavy atom. The first-order valence-corrected chi connectivity index (χ1v) is 11.2. The van der Waals surface area contributed by atoms with Gasteiger partial charge in [-0.15, -0.1) is 11.3 Å². The topological polar surface area (TPSA) is 66.4 Å². The monoisotopic (exact) mass is 413 g/mol. The minimum atomic E-state index is -3.72. The van der Waals surface area contributed by atoms with E-state index in [1.165, 1.54) is 6.07 Å². The van der Waals surface area contributed by atoms with Crippen LogP contribution in [-0.4, -0.2) is 25.7 Å². The molecule has 4 nitrogen and oxygen atoms in total. The van der Waals surface area contributed by atoms with Crippen molar-refractivity contribution in [2.24, 2.45) is 5.92 Å². The number of hydrogen-bond acceptors (Lipinski definition) is 4. The van der Waals surface area contributed by atoms with E-state index in [9.17, 15) is 13.5 Å². The summed E-state index contributed by atoms with van der Waals surface area (Å²) >= 11 is 6.85. The van der Waals surface area contributed by atoms with Crippen LogP contribution >= 0.6 is 22.9 Å². The van der Waals surface area contributed by atoms with Gasteiger partial charge in [-0.2, -0.15) is 0 Å². The zero-order valence-electron chi connectivity index (χ0n) is 14.8. The molecule has 0 radical (unpaired) electrons. The highest BCUT2D eigenvalue weighted by molar-refractivity contribution is 7.91. The number of nitrogens with one attached hydrogen (secondary N) is 1. The highest BCUT2D eigenvalue weighted by Crippen LogP contribution is 2.27. The zero-order valence-corrected chi connectivity index (χ0v) is 17.2. The molecule has 0 amide bonds. The van der Waals surface area contributed by atoms with Crippen molar-refractivity contribution in [1.29, 1.82) is 0 Å². The summed E-state index contributed by atoms with van der Waals surface area (Å²) in [5, 5.41) is 10.6. The quantitative estimate of drug-likeness (QED) is 0.633. The van der Waals surface area contributed by atoms with Gasteiger partial charge < -0.3 is 5.11 Å². The molecule has 2 aromatic rings. The average Bonchev–Trinajstić information content (AvgIpc) is 3.07. The van der Waals surface area contributed by atoms with Gasteiger partial charge in [0.2, 0.25) is 10.0 Å². The number of benzene rings is 1. The van der Waals surface area contributed by atoms with Crippen molar-refractivity contribution in [3.63, 3.8) is 0 Å². The Bertz CT molecular complexity index is 818. The summed E-state index contributed by atoms with van der Waals surface area (Å²) in [6.07, 6.45) is 4.07. The largest absolute Gasteiger partial charge is 0.391 e. The molecule has 1 unspecified atom stereocenters. The maximum atomic E-state index is 12.6. The number of halogens is 1. The Morgan fingerprint density at radius 3 is 2.50 bits per heavy atom. The van der Waals surface area contributed by atoms with Gasteiger partial charge in [0.1, 0.15) is 4.21 Å². The predicted molar refractivity (Wildman–Crippen MR) is 109 cm³/mol. The van der Waals surface area contributed by atoms with Crippen LogP contribution in [0.15, 0.2) is 52.7 Å². The van der Waals surface area contributed by atoms with E-state index in [4.69, 9.17) is 11.6 Å². The van der Waals surface area contributed by atoms with E-state index in [2.05, 4.69) is 4.72 Å². The third kappa shape index (κ3) is 5.93. The first-order chi connectivity index (χ1) is 12.3. The van der Waals surface area contributed by atoms with Gasteiger partial charge in [-0.3, -0.25) is 0 Å². The van der Waals surface area contributed by atoms with Gasteiger partial charge in [-0.05, 0) is 30.0 Å². The van der Waals surface area contributed by atoms with Crippen LogP contribution in [0, 0.1) is 5.92 Å². The van der Waals surface area contributed by atoms with Crippen LogP contribution in [0.5, 0.6) is 0 Å². The smallest absolute Gasteiger partial charge is 0.250 e. The molecule has 3 atom stereocenters. The van der Waals surface area contributed by atoms with E-state index < -0.39 is 22.2 Å². The molecule has 1 aromatic heterocycles. The van der Waals surface area contributed by atoms with Gasteiger partial charge in [0.25, 0.3) is 0 Å². The molecule has 0 aliphatic rings. The van der Waals surface area contributed by atoms with Gasteiger partial charge in [0.15, 0.2) is 0 Å². The molecule has 142 valence electrons. The molecular formula is C19H24ClNO3S2. The van der Waals surface area contributed by atoms with E-state index in [0.717, 1.165) is 23.3 Å². The molecule has 0 saturated heterocycles. The number of sulfonamides is 1. The molecule has 0 bridgehead atoms. The number of thiophene rings is 1. The fourth-order valence-electron chi connectivity index (χ4n) is 2.56. The second-order valence-electron chi connectivity index (χ2n) is 6.21. The number of aliphatic hydroxyl groups excluding tert-OH is 1. The van der Waals surface area contributed by atoms with Crippen LogP contribution in [0.2, 0.25) is 4.34 Å². The molecule has 26 heavy (non-hydrogen) atoms. The third-order valence-electron chi connectivity index (χ3n) is 4.26. The molecule has 2 N–H and O–H groups in total. The second-order valence-corrected chi connectivity index (χ2v) is 9.86. The fraction of sp³-hybridized carbons (Fsp3) is 0.368. The maximum Gasteiger partial charge on any atom is 0.250 e. The van der Waals surface area contributed by atoms with E-state index in [0.29, 0.717) is 10.8 Å².